The van der Waals surface area contributed by atoms with Crippen LogP contribution in [0.15, 0.2) is 54.9 Å². The Morgan fingerprint density at radius 1 is 1.00 bits per heavy atom. The van der Waals surface area contributed by atoms with Crippen LogP contribution in [0.5, 0.6) is 17.2 Å². The molecule has 216 valence electrons. The van der Waals surface area contributed by atoms with Crippen molar-refractivity contribution in [2.24, 2.45) is 0 Å². The van der Waals surface area contributed by atoms with Gasteiger partial charge in [0, 0.05) is 39.5 Å². The van der Waals surface area contributed by atoms with E-state index >= 15 is 0 Å². The first-order valence-corrected chi connectivity index (χ1v) is 13.5. The molecule has 0 spiro atoms. The molecule has 1 aliphatic heterocycles. The van der Waals surface area contributed by atoms with E-state index in [1.165, 1.54) is 7.11 Å². The van der Waals surface area contributed by atoms with Gasteiger partial charge in [-0.15, -0.1) is 0 Å². The van der Waals surface area contributed by atoms with E-state index in [1.807, 2.05) is 73.4 Å². The second-order valence-corrected chi connectivity index (χ2v) is 10.4. The summed E-state index contributed by atoms with van der Waals surface area (Å²) in [6.45, 7) is 7.23. The zero-order valence-corrected chi connectivity index (χ0v) is 23.8. The van der Waals surface area contributed by atoms with Gasteiger partial charge in [-0.1, -0.05) is 23.8 Å². The van der Waals surface area contributed by atoms with Gasteiger partial charge in [-0.25, -0.2) is 0 Å². The fraction of sp³-hybridized carbons (Fsp3) is 0.467. The fourth-order valence-corrected chi connectivity index (χ4v) is 4.77. The normalized spacial score (nSPS) is 17.9. The Bertz CT molecular complexity index is 1250. The maximum absolute atomic E-state index is 12.7. The Balaban J connectivity index is 1.43. The van der Waals surface area contributed by atoms with E-state index in [9.17, 15) is 9.90 Å². The minimum absolute atomic E-state index is 0.0342. The number of hydrogen-bond donors (Lipinski definition) is 1. The summed E-state index contributed by atoms with van der Waals surface area (Å²) in [5.74, 6) is 1.81. The van der Waals surface area contributed by atoms with Gasteiger partial charge in [0.1, 0.15) is 31.2 Å². The van der Waals surface area contributed by atoms with Crippen LogP contribution in [-0.4, -0.2) is 96.4 Å². The van der Waals surface area contributed by atoms with Crippen molar-refractivity contribution in [3.05, 3.63) is 71.5 Å². The van der Waals surface area contributed by atoms with Crippen LogP contribution in [0.25, 0.3) is 0 Å². The highest BCUT2D eigenvalue weighted by Crippen LogP contribution is 2.29. The Hall–Kier alpha value is -3.60. The zero-order valence-electron chi connectivity index (χ0n) is 23.8. The highest BCUT2D eigenvalue weighted by Gasteiger charge is 2.37. The van der Waals surface area contributed by atoms with Crippen molar-refractivity contribution < 1.29 is 28.8 Å². The van der Waals surface area contributed by atoms with Crippen LogP contribution in [0.3, 0.4) is 0 Å². The average Bonchev–Trinajstić information content (AvgIpc) is 3.27. The number of benzene rings is 2. The third-order valence-corrected chi connectivity index (χ3v) is 6.81. The second kappa shape index (κ2) is 13.6. The Kier molecular flexibility index (Phi) is 10.0. The summed E-state index contributed by atoms with van der Waals surface area (Å²) in [6, 6.07) is 13.5. The topological polar surface area (TPSA) is 98.5 Å². The number of ether oxygens (including phenoxy) is 4. The summed E-state index contributed by atoms with van der Waals surface area (Å²) in [4.78, 5) is 16.5. The summed E-state index contributed by atoms with van der Waals surface area (Å²) >= 11 is 0. The Labute approximate surface area is 236 Å². The van der Waals surface area contributed by atoms with Crippen LogP contribution in [-0.2, 0) is 22.6 Å². The number of amides is 1. The molecule has 40 heavy (non-hydrogen) atoms. The van der Waals surface area contributed by atoms with Crippen molar-refractivity contribution >= 4 is 5.91 Å². The van der Waals surface area contributed by atoms with E-state index in [-0.39, 0.29) is 25.7 Å². The molecular formula is C30H40N4O6. The number of aliphatic hydroxyl groups is 1. The molecule has 4 rings (SSSR count). The summed E-state index contributed by atoms with van der Waals surface area (Å²) in [5, 5.41) is 16.0. The standard InChI is InChI=1S/C30H40N4O6/c1-23-5-8-26(9-6-23)40-22-30(36)20-32(11-12-33(21-30)29(35)19-37-3)18-25-7-10-27(28(15-25)38-4)39-14-13-34-17-24(2)16-31-34/h5-10,15-17,36H,11-14,18-22H2,1-4H3/t30-/m1/s1. The lowest BCUT2D eigenvalue weighted by molar-refractivity contribution is -0.138. The quantitative estimate of drug-likeness (QED) is 0.366. The summed E-state index contributed by atoms with van der Waals surface area (Å²) in [7, 11) is 3.11. The van der Waals surface area contributed by atoms with Crippen LogP contribution in [0, 0.1) is 13.8 Å². The molecule has 1 atom stereocenters. The monoisotopic (exact) mass is 552 g/mol. The Morgan fingerprint density at radius 3 is 2.50 bits per heavy atom. The van der Waals surface area contributed by atoms with Gasteiger partial charge >= 0.3 is 0 Å². The predicted octanol–water partition coefficient (Wildman–Crippen LogP) is 2.69. The first-order chi connectivity index (χ1) is 19.3. The molecule has 1 fully saturated rings. The van der Waals surface area contributed by atoms with Gasteiger partial charge in [0.25, 0.3) is 0 Å². The van der Waals surface area contributed by atoms with E-state index in [2.05, 4.69) is 10.00 Å². The van der Waals surface area contributed by atoms with Crippen molar-refractivity contribution in [3.63, 3.8) is 0 Å². The third-order valence-electron chi connectivity index (χ3n) is 6.81. The van der Waals surface area contributed by atoms with E-state index in [0.717, 1.165) is 16.7 Å². The molecule has 0 radical (unpaired) electrons. The lowest BCUT2D eigenvalue weighted by Crippen LogP contribution is -2.52. The number of methoxy groups -OCH3 is 2. The number of nitrogens with zero attached hydrogens (tertiary/aromatic N) is 4. The number of β-amino-alcohol motifs (C(OH)–C–C–N with tert-alkyl or cyclic N) is 1. The van der Waals surface area contributed by atoms with Crippen molar-refractivity contribution in [3.8, 4) is 17.2 Å². The molecule has 0 saturated carbocycles. The van der Waals surface area contributed by atoms with E-state index in [1.54, 1.807) is 12.0 Å². The molecule has 1 aromatic heterocycles. The number of aryl methyl sites for hydroxylation is 2. The smallest absolute Gasteiger partial charge is 0.248 e. The molecular weight excluding hydrogens is 512 g/mol. The van der Waals surface area contributed by atoms with Crippen LogP contribution >= 0.6 is 0 Å². The van der Waals surface area contributed by atoms with Crippen LogP contribution < -0.4 is 14.2 Å². The summed E-state index contributed by atoms with van der Waals surface area (Å²) < 4.78 is 24.5. The van der Waals surface area contributed by atoms with Crippen LogP contribution in [0.2, 0.25) is 0 Å². The van der Waals surface area contributed by atoms with Gasteiger partial charge in [-0.2, -0.15) is 5.10 Å². The first-order valence-electron chi connectivity index (χ1n) is 13.5. The lowest BCUT2D eigenvalue weighted by atomic mass is 10.0. The van der Waals surface area contributed by atoms with Crippen molar-refractivity contribution in [2.75, 3.05) is 60.2 Å². The van der Waals surface area contributed by atoms with E-state index < -0.39 is 5.60 Å². The SMILES string of the molecule is COCC(=O)N1CCN(Cc2ccc(OCCn3cc(C)cn3)c(OC)c2)C[C@](O)(COc2ccc(C)cc2)C1. The van der Waals surface area contributed by atoms with Gasteiger partial charge in [-0.05, 0) is 49.2 Å². The van der Waals surface area contributed by atoms with E-state index in [0.29, 0.717) is 56.6 Å². The third kappa shape index (κ3) is 8.20. The van der Waals surface area contributed by atoms with Gasteiger partial charge in [0.15, 0.2) is 11.5 Å². The van der Waals surface area contributed by atoms with Gasteiger partial charge in [0.2, 0.25) is 5.91 Å². The highest BCUT2D eigenvalue weighted by molar-refractivity contribution is 5.77. The van der Waals surface area contributed by atoms with Crippen molar-refractivity contribution in [1.29, 1.82) is 0 Å². The maximum Gasteiger partial charge on any atom is 0.248 e. The zero-order chi connectivity index (χ0) is 28.5. The Morgan fingerprint density at radius 2 is 1.80 bits per heavy atom. The number of aromatic nitrogens is 2. The number of rotatable bonds is 12. The molecule has 2 aromatic carbocycles. The average molecular weight is 553 g/mol. The molecule has 1 N–H and O–H groups in total. The molecule has 0 unspecified atom stereocenters. The molecule has 3 aromatic rings. The minimum atomic E-state index is -1.28. The molecule has 10 heteroatoms. The predicted molar refractivity (Wildman–Crippen MR) is 151 cm³/mol. The molecule has 1 saturated heterocycles. The molecule has 1 amide bonds. The molecule has 10 nitrogen and oxygen atoms in total. The fourth-order valence-electron chi connectivity index (χ4n) is 4.77. The maximum atomic E-state index is 12.7. The van der Waals surface area contributed by atoms with Crippen molar-refractivity contribution in [2.45, 2.75) is 32.5 Å². The molecule has 0 bridgehead atoms. The van der Waals surface area contributed by atoms with Crippen molar-refractivity contribution in [1.82, 2.24) is 19.6 Å². The first kappa shape index (κ1) is 29.4. The van der Waals surface area contributed by atoms with E-state index in [4.69, 9.17) is 18.9 Å². The van der Waals surface area contributed by atoms with Gasteiger partial charge < -0.3 is 29.0 Å². The largest absolute Gasteiger partial charge is 0.493 e. The number of hydrogen-bond acceptors (Lipinski definition) is 8. The van der Waals surface area contributed by atoms with Crippen LogP contribution in [0.4, 0.5) is 0 Å². The summed E-state index contributed by atoms with van der Waals surface area (Å²) in [5.41, 5.74) is 1.96. The van der Waals surface area contributed by atoms with Gasteiger partial charge in [0.05, 0.1) is 26.4 Å². The minimum Gasteiger partial charge on any atom is -0.493 e. The second-order valence-electron chi connectivity index (χ2n) is 10.4. The number of carbonyl (C=O) groups excluding carboxylic acids is 1. The lowest BCUT2D eigenvalue weighted by Gasteiger charge is -2.33. The van der Waals surface area contributed by atoms with Crippen LogP contribution in [0.1, 0.15) is 16.7 Å². The summed E-state index contributed by atoms with van der Waals surface area (Å²) in [6.07, 6.45) is 3.79. The van der Waals surface area contributed by atoms with Gasteiger partial charge in [-0.3, -0.25) is 14.4 Å². The number of carbonyl (C=O) groups is 1. The molecule has 2 heterocycles. The highest BCUT2D eigenvalue weighted by atomic mass is 16.5. The molecule has 1 aliphatic rings. The molecule has 0 aliphatic carbocycles.